The molecule has 1 unspecified atom stereocenters. The second-order valence-corrected chi connectivity index (χ2v) is 8.45. The number of nitrogens with one attached hydrogen (secondary N) is 1. The van der Waals surface area contributed by atoms with Crippen molar-refractivity contribution < 1.29 is 19.1 Å². The van der Waals surface area contributed by atoms with Crippen LogP contribution in [0.15, 0.2) is 54.6 Å². The number of ether oxygens (including phenoxy) is 1. The average Bonchev–Trinajstić information content (AvgIpc) is 2.82. The van der Waals surface area contributed by atoms with Gasteiger partial charge in [0, 0.05) is 24.6 Å². The smallest absolute Gasteiger partial charge is 0.255 e. The number of nitrogens with zero attached hydrogens (tertiary/aromatic N) is 1. The number of para-hydroxylation sites is 1. The van der Waals surface area contributed by atoms with Crippen molar-refractivity contribution in [3.05, 3.63) is 65.7 Å². The van der Waals surface area contributed by atoms with E-state index in [-0.39, 0.29) is 29.4 Å². The molecule has 0 saturated carbocycles. The number of hydrogen-bond donors (Lipinski definition) is 1. The van der Waals surface area contributed by atoms with Gasteiger partial charge in [-0.15, -0.1) is 0 Å². The highest BCUT2D eigenvalue weighted by Crippen LogP contribution is 2.24. The van der Waals surface area contributed by atoms with Crippen LogP contribution in [0.1, 0.15) is 54.3 Å². The fraction of sp³-hybridized carbons (Fsp3) is 0.423. The first-order chi connectivity index (χ1) is 15.4. The third-order valence-electron chi connectivity index (χ3n) is 5.89. The molecule has 1 atom stereocenters. The second-order valence-electron chi connectivity index (χ2n) is 8.45. The Hall–Kier alpha value is -3.15. The Morgan fingerprint density at radius 1 is 1.00 bits per heavy atom. The molecule has 1 N–H and O–H groups in total. The van der Waals surface area contributed by atoms with Crippen LogP contribution in [0.5, 0.6) is 5.75 Å². The second kappa shape index (κ2) is 10.9. The van der Waals surface area contributed by atoms with Crippen molar-refractivity contribution in [2.75, 3.05) is 19.7 Å². The number of benzene rings is 2. The molecule has 6 heteroatoms. The van der Waals surface area contributed by atoms with Crippen molar-refractivity contribution >= 4 is 17.6 Å². The number of piperidine rings is 1. The largest absolute Gasteiger partial charge is 0.493 e. The molecule has 2 aromatic carbocycles. The third kappa shape index (κ3) is 5.55. The molecule has 2 aromatic rings. The monoisotopic (exact) mass is 436 g/mol. The van der Waals surface area contributed by atoms with Crippen molar-refractivity contribution in [2.45, 2.75) is 39.7 Å². The summed E-state index contributed by atoms with van der Waals surface area (Å²) in [5, 5.41) is 2.91. The zero-order valence-corrected chi connectivity index (χ0v) is 19.0. The Morgan fingerprint density at radius 2 is 1.62 bits per heavy atom. The molecule has 2 amide bonds. The minimum atomic E-state index is -0.640. The van der Waals surface area contributed by atoms with Gasteiger partial charge >= 0.3 is 0 Å². The van der Waals surface area contributed by atoms with Gasteiger partial charge in [-0.05, 0) is 37.8 Å². The van der Waals surface area contributed by atoms with E-state index in [1.165, 1.54) is 0 Å². The molecule has 32 heavy (non-hydrogen) atoms. The van der Waals surface area contributed by atoms with Gasteiger partial charge in [-0.25, -0.2) is 0 Å². The summed E-state index contributed by atoms with van der Waals surface area (Å²) in [6.45, 7) is 7.17. The Morgan fingerprint density at radius 3 is 2.25 bits per heavy atom. The average molecular weight is 437 g/mol. The van der Waals surface area contributed by atoms with Crippen molar-refractivity contribution in [3.8, 4) is 5.75 Å². The lowest BCUT2D eigenvalue weighted by atomic mass is 9.88. The fourth-order valence-electron chi connectivity index (χ4n) is 4.07. The molecule has 3 rings (SSSR count). The van der Waals surface area contributed by atoms with Crippen LogP contribution < -0.4 is 10.1 Å². The first kappa shape index (κ1) is 23.5. The van der Waals surface area contributed by atoms with E-state index in [2.05, 4.69) is 5.32 Å². The zero-order valence-electron chi connectivity index (χ0n) is 19.0. The lowest BCUT2D eigenvalue weighted by molar-refractivity contribution is -0.135. The van der Waals surface area contributed by atoms with Crippen LogP contribution in [0.2, 0.25) is 0 Å². The number of hydrogen-bond acceptors (Lipinski definition) is 4. The molecule has 170 valence electrons. The molecule has 1 fully saturated rings. The molecule has 1 heterocycles. The van der Waals surface area contributed by atoms with E-state index in [9.17, 15) is 14.4 Å². The molecular formula is C26H32N2O4. The standard InChI is InChI=1S/C26H32N2O4/c1-4-32-22-13-9-8-12-21(22)25(30)27-23(18(2)3)26(31)28-16-14-20(15-17-28)24(29)19-10-6-5-7-11-19/h5-13,18,20,23H,4,14-17H2,1-3H3,(H,27,30). The van der Waals surface area contributed by atoms with Crippen LogP contribution in [0, 0.1) is 11.8 Å². The number of carbonyl (C=O) groups is 3. The normalized spacial score (nSPS) is 15.3. The Balaban J connectivity index is 1.63. The Kier molecular flexibility index (Phi) is 8.03. The molecular weight excluding hydrogens is 404 g/mol. The summed E-state index contributed by atoms with van der Waals surface area (Å²) < 4.78 is 5.56. The van der Waals surface area contributed by atoms with E-state index in [1.807, 2.05) is 57.2 Å². The number of likely N-dealkylation sites (tertiary alicyclic amines) is 1. The number of rotatable bonds is 8. The van der Waals surface area contributed by atoms with Crippen LogP contribution in [0.25, 0.3) is 0 Å². The van der Waals surface area contributed by atoms with Gasteiger partial charge in [0.2, 0.25) is 5.91 Å². The number of ketones is 1. The molecule has 0 radical (unpaired) electrons. The van der Waals surface area contributed by atoms with Crippen molar-refractivity contribution in [2.24, 2.45) is 11.8 Å². The van der Waals surface area contributed by atoms with Crippen molar-refractivity contribution in [3.63, 3.8) is 0 Å². The van der Waals surface area contributed by atoms with Gasteiger partial charge in [0.1, 0.15) is 11.8 Å². The summed E-state index contributed by atoms with van der Waals surface area (Å²) >= 11 is 0. The van der Waals surface area contributed by atoms with Gasteiger partial charge in [-0.3, -0.25) is 14.4 Å². The van der Waals surface area contributed by atoms with Gasteiger partial charge in [0.05, 0.1) is 12.2 Å². The summed E-state index contributed by atoms with van der Waals surface area (Å²) in [5.74, 6) is 0.0609. The van der Waals surface area contributed by atoms with Crippen LogP contribution >= 0.6 is 0 Å². The van der Waals surface area contributed by atoms with Gasteiger partial charge < -0.3 is 15.0 Å². The maximum Gasteiger partial charge on any atom is 0.255 e. The Bertz CT molecular complexity index is 934. The molecule has 1 aliphatic rings. The van der Waals surface area contributed by atoms with Crippen LogP contribution in [-0.2, 0) is 4.79 Å². The molecule has 0 spiro atoms. The van der Waals surface area contributed by atoms with E-state index in [0.29, 0.717) is 43.9 Å². The highest BCUT2D eigenvalue weighted by Gasteiger charge is 2.33. The maximum absolute atomic E-state index is 13.3. The topological polar surface area (TPSA) is 75.7 Å². The van der Waals surface area contributed by atoms with Gasteiger partial charge in [-0.1, -0.05) is 56.3 Å². The highest BCUT2D eigenvalue weighted by atomic mass is 16.5. The molecule has 1 aliphatic heterocycles. The maximum atomic E-state index is 13.3. The van der Waals surface area contributed by atoms with Crippen LogP contribution in [-0.4, -0.2) is 48.2 Å². The number of Topliss-reactive ketones (excluding diaryl/α,β-unsaturated/α-hetero) is 1. The zero-order chi connectivity index (χ0) is 23.1. The van der Waals surface area contributed by atoms with Gasteiger partial charge in [0.25, 0.3) is 5.91 Å². The van der Waals surface area contributed by atoms with E-state index < -0.39 is 6.04 Å². The first-order valence-corrected chi connectivity index (χ1v) is 11.3. The van der Waals surface area contributed by atoms with Crippen LogP contribution in [0.3, 0.4) is 0 Å². The predicted octanol–water partition coefficient (Wildman–Crippen LogP) is 3.96. The van der Waals surface area contributed by atoms with Gasteiger partial charge in [0.15, 0.2) is 5.78 Å². The van der Waals surface area contributed by atoms with Gasteiger partial charge in [-0.2, -0.15) is 0 Å². The number of amides is 2. The Labute approximate surface area is 189 Å². The quantitative estimate of drug-likeness (QED) is 0.636. The molecule has 0 aromatic heterocycles. The molecule has 6 nitrogen and oxygen atoms in total. The molecule has 0 aliphatic carbocycles. The summed E-state index contributed by atoms with van der Waals surface area (Å²) in [7, 11) is 0. The van der Waals surface area contributed by atoms with Crippen molar-refractivity contribution in [1.29, 1.82) is 0 Å². The first-order valence-electron chi connectivity index (χ1n) is 11.3. The lowest BCUT2D eigenvalue weighted by Gasteiger charge is -2.35. The minimum absolute atomic E-state index is 0.0746. The summed E-state index contributed by atoms with van der Waals surface area (Å²) in [5.41, 5.74) is 1.14. The van der Waals surface area contributed by atoms with E-state index in [1.54, 1.807) is 23.1 Å². The third-order valence-corrected chi connectivity index (χ3v) is 5.89. The lowest BCUT2D eigenvalue weighted by Crippen LogP contribution is -2.53. The van der Waals surface area contributed by atoms with Crippen molar-refractivity contribution in [1.82, 2.24) is 10.2 Å². The van der Waals surface area contributed by atoms with Crippen LogP contribution in [0.4, 0.5) is 0 Å². The fourth-order valence-corrected chi connectivity index (χ4v) is 4.07. The number of carbonyl (C=O) groups excluding carboxylic acids is 3. The summed E-state index contributed by atoms with van der Waals surface area (Å²) in [6, 6.07) is 15.7. The minimum Gasteiger partial charge on any atom is -0.493 e. The van der Waals surface area contributed by atoms with E-state index >= 15 is 0 Å². The van der Waals surface area contributed by atoms with E-state index in [0.717, 1.165) is 5.56 Å². The SMILES string of the molecule is CCOc1ccccc1C(=O)NC(C(=O)N1CCC(C(=O)c2ccccc2)CC1)C(C)C. The summed E-state index contributed by atoms with van der Waals surface area (Å²) in [4.78, 5) is 40.7. The summed E-state index contributed by atoms with van der Waals surface area (Å²) in [6.07, 6.45) is 1.26. The highest BCUT2D eigenvalue weighted by molar-refractivity contribution is 6.00. The molecule has 1 saturated heterocycles. The predicted molar refractivity (Wildman–Crippen MR) is 124 cm³/mol. The molecule has 0 bridgehead atoms. The van der Waals surface area contributed by atoms with E-state index in [4.69, 9.17) is 4.74 Å².